The molecule has 2 heterocycles. The van der Waals surface area contributed by atoms with Crippen LogP contribution in [0.3, 0.4) is 0 Å². The zero-order chi connectivity index (χ0) is 11.9. The molecular formula is C12H22N4O. The molecule has 0 amide bonds. The Balaban J connectivity index is 1.58. The molecule has 0 bridgehead atoms. The molecule has 1 aliphatic heterocycles. The third-order valence-corrected chi connectivity index (χ3v) is 3.29. The number of hydrogen-bond acceptors (Lipinski definition) is 5. The summed E-state index contributed by atoms with van der Waals surface area (Å²) in [5.41, 5.74) is 0. The Bertz CT molecular complexity index is 295. The van der Waals surface area contributed by atoms with Crippen LogP contribution in [-0.2, 0) is 6.42 Å². The first kappa shape index (κ1) is 12.5. The minimum Gasteiger partial charge on any atom is -0.340 e. The van der Waals surface area contributed by atoms with Crippen LogP contribution in [0.5, 0.6) is 0 Å². The molecule has 0 radical (unpaired) electrons. The molecule has 2 N–H and O–H groups in total. The molecule has 1 aromatic rings. The second-order valence-corrected chi connectivity index (χ2v) is 4.82. The molecule has 0 aliphatic carbocycles. The van der Waals surface area contributed by atoms with Crippen LogP contribution < -0.4 is 10.6 Å². The Morgan fingerprint density at radius 2 is 2.53 bits per heavy atom. The van der Waals surface area contributed by atoms with E-state index >= 15 is 0 Å². The van der Waals surface area contributed by atoms with Gasteiger partial charge in [0.15, 0.2) is 6.33 Å². The Labute approximate surface area is 102 Å². The molecule has 96 valence electrons. The average molecular weight is 238 g/mol. The Morgan fingerprint density at radius 3 is 3.24 bits per heavy atom. The number of nitrogens with one attached hydrogen (secondary N) is 2. The molecule has 2 atom stereocenters. The van der Waals surface area contributed by atoms with Gasteiger partial charge in [0.2, 0.25) is 5.89 Å². The van der Waals surface area contributed by atoms with Gasteiger partial charge in [0.25, 0.3) is 0 Å². The van der Waals surface area contributed by atoms with Gasteiger partial charge in [-0.2, -0.15) is 4.98 Å². The standard InChI is InChI=1S/C12H22N4O/c1-10(8-11-4-2-3-6-14-11)13-7-5-12-15-9-16-17-12/h9-11,13-14H,2-8H2,1H3. The zero-order valence-electron chi connectivity index (χ0n) is 10.5. The summed E-state index contributed by atoms with van der Waals surface area (Å²) in [5, 5.41) is 10.7. The third kappa shape index (κ3) is 4.44. The predicted octanol–water partition coefficient (Wildman–Crippen LogP) is 1.12. The SMILES string of the molecule is CC(CC1CCCCN1)NCCc1ncno1. The summed E-state index contributed by atoms with van der Waals surface area (Å²) >= 11 is 0. The predicted molar refractivity (Wildman–Crippen MR) is 65.7 cm³/mol. The van der Waals surface area contributed by atoms with Gasteiger partial charge >= 0.3 is 0 Å². The smallest absolute Gasteiger partial charge is 0.227 e. The molecule has 2 unspecified atom stereocenters. The lowest BCUT2D eigenvalue weighted by molar-refractivity contribution is 0.339. The lowest BCUT2D eigenvalue weighted by atomic mass is 9.99. The van der Waals surface area contributed by atoms with E-state index in [-0.39, 0.29) is 0 Å². The van der Waals surface area contributed by atoms with E-state index in [2.05, 4.69) is 27.7 Å². The summed E-state index contributed by atoms with van der Waals surface area (Å²) in [6.45, 7) is 4.32. The Hall–Kier alpha value is -0.940. The van der Waals surface area contributed by atoms with E-state index in [1.54, 1.807) is 0 Å². The summed E-state index contributed by atoms with van der Waals surface area (Å²) in [5.74, 6) is 0.709. The van der Waals surface area contributed by atoms with Crippen molar-refractivity contribution in [2.75, 3.05) is 13.1 Å². The molecule has 0 spiro atoms. The van der Waals surface area contributed by atoms with E-state index in [4.69, 9.17) is 4.52 Å². The molecule has 1 aliphatic rings. The lowest BCUT2D eigenvalue weighted by Gasteiger charge is -2.26. The molecular weight excluding hydrogens is 216 g/mol. The van der Waals surface area contributed by atoms with Gasteiger partial charge in [-0.15, -0.1) is 0 Å². The van der Waals surface area contributed by atoms with Crippen molar-refractivity contribution in [3.05, 3.63) is 12.2 Å². The maximum absolute atomic E-state index is 4.95. The fraction of sp³-hybridized carbons (Fsp3) is 0.833. The summed E-state index contributed by atoms with van der Waals surface area (Å²) in [4.78, 5) is 4.00. The van der Waals surface area contributed by atoms with Crippen molar-refractivity contribution < 1.29 is 4.52 Å². The second-order valence-electron chi connectivity index (χ2n) is 4.82. The van der Waals surface area contributed by atoms with E-state index in [9.17, 15) is 0 Å². The molecule has 17 heavy (non-hydrogen) atoms. The first-order chi connectivity index (χ1) is 8.34. The van der Waals surface area contributed by atoms with E-state index < -0.39 is 0 Å². The van der Waals surface area contributed by atoms with Crippen LogP contribution in [0.4, 0.5) is 0 Å². The summed E-state index contributed by atoms with van der Waals surface area (Å²) < 4.78 is 4.95. The normalized spacial score (nSPS) is 22.5. The van der Waals surface area contributed by atoms with Crippen LogP contribution in [0.15, 0.2) is 10.9 Å². The quantitative estimate of drug-likeness (QED) is 0.777. The van der Waals surface area contributed by atoms with Gasteiger partial charge in [0.1, 0.15) is 0 Å². The first-order valence-electron chi connectivity index (χ1n) is 6.57. The van der Waals surface area contributed by atoms with Crippen LogP contribution in [-0.4, -0.2) is 35.3 Å². The minimum atomic E-state index is 0.536. The van der Waals surface area contributed by atoms with Gasteiger partial charge in [0.05, 0.1) is 0 Å². The highest BCUT2D eigenvalue weighted by atomic mass is 16.5. The van der Waals surface area contributed by atoms with E-state index in [0.29, 0.717) is 18.0 Å². The highest BCUT2D eigenvalue weighted by Crippen LogP contribution is 2.11. The van der Waals surface area contributed by atoms with Gasteiger partial charge in [-0.3, -0.25) is 0 Å². The van der Waals surface area contributed by atoms with E-state index in [1.807, 2.05) is 0 Å². The monoisotopic (exact) mass is 238 g/mol. The fourth-order valence-corrected chi connectivity index (χ4v) is 2.37. The van der Waals surface area contributed by atoms with Crippen molar-refractivity contribution in [2.45, 2.75) is 51.1 Å². The van der Waals surface area contributed by atoms with Crippen molar-refractivity contribution in [3.63, 3.8) is 0 Å². The lowest BCUT2D eigenvalue weighted by Crippen LogP contribution is -2.40. The Morgan fingerprint density at radius 1 is 1.59 bits per heavy atom. The number of piperidine rings is 1. The molecule has 5 heteroatoms. The van der Waals surface area contributed by atoms with Gasteiger partial charge in [0, 0.05) is 25.0 Å². The van der Waals surface area contributed by atoms with Crippen LogP contribution in [0.1, 0.15) is 38.5 Å². The number of rotatable bonds is 6. The van der Waals surface area contributed by atoms with Gasteiger partial charge in [-0.05, 0) is 32.7 Å². The molecule has 0 saturated carbocycles. The van der Waals surface area contributed by atoms with Crippen LogP contribution in [0, 0.1) is 0 Å². The van der Waals surface area contributed by atoms with E-state index in [0.717, 1.165) is 13.0 Å². The van der Waals surface area contributed by atoms with Gasteiger partial charge in [-0.25, -0.2) is 0 Å². The summed E-state index contributed by atoms with van der Waals surface area (Å²) in [6.07, 6.45) is 7.47. The number of nitrogens with zero attached hydrogens (tertiary/aromatic N) is 2. The minimum absolute atomic E-state index is 0.536. The molecule has 1 saturated heterocycles. The largest absolute Gasteiger partial charge is 0.340 e. The molecule has 2 rings (SSSR count). The van der Waals surface area contributed by atoms with Crippen molar-refractivity contribution in [2.24, 2.45) is 0 Å². The van der Waals surface area contributed by atoms with Crippen molar-refractivity contribution in [1.82, 2.24) is 20.8 Å². The highest BCUT2D eigenvalue weighted by molar-refractivity contribution is 4.79. The molecule has 0 aromatic carbocycles. The van der Waals surface area contributed by atoms with E-state index in [1.165, 1.54) is 38.6 Å². The van der Waals surface area contributed by atoms with Gasteiger partial charge < -0.3 is 15.2 Å². The van der Waals surface area contributed by atoms with Crippen LogP contribution in [0.2, 0.25) is 0 Å². The third-order valence-electron chi connectivity index (χ3n) is 3.29. The van der Waals surface area contributed by atoms with Crippen molar-refractivity contribution in [3.8, 4) is 0 Å². The molecule has 5 nitrogen and oxygen atoms in total. The average Bonchev–Trinajstić information content (AvgIpc) is 2.83. The molecule has 1 aromatic heterocycles. The number of hydrogen-bond donors (Lipinski definition) is 2. The maximum atomic E-state index is 4.95. The van der Waals surface area contributed by atoms with Crippen molar-refractivity contribution >= 4 is 0 Å². The molecule has 1 fully saturated rings. The van der Waals surface area contributed by atoms with Crippen LogP contribution >= 0.6 is 0 Å². The van der Waals surface area contributed by atoms with Gasteiger partial charge in [-0.1, -0.05) is 11.6 Å². The van der Waals surface area contributed by atoms with Crippen molar-refractivity contribution in [1.29, 1.82) is 0 Å². The number of aromatic nitrogens is 2. The Kier molecular flexibility index (Phi) is 4.94. The fourth-order valence-electron chi connectivity index (χ4n) is 2.37. The summed E-state index contributed by atoms with van der Waals surface area (Å²) in [6, 6.07) is 1.23. The van der Waals surface area contributed by atoms with Crippen LogP contribution in [0.25, 0.3) is 0 Å². The topological polar surface area (TPSA) is 63.0 Å². The highest BCUT2D eigenvalue weighted by Gasteiger charge is 2.15. The first-order valence-corrected chi connectivity index (χ1v) is 6.57. The summed E-state index contributed by atoms with van der Waals surface area (Å²) in [7, 11) is 0. The zero-order valence-corrected chi connectivity index (χ0v) is 10.5. The second kappa shape index (κ2) is 6.71. The maximum Gasteiger partial charge on any atom is 0.227 e.